The molecular formula is C13H19F2N. The molecule has 3 heteroatoms. The molecule has 1 nitrogen and oxygen atoms in total. The Kier molecular flexibility index (Phi) is 4.03. The zero-order valence-corrected chi connectivity index (χ0v) is 10.3. The van der Waals surface area contributed by atoms with Crippen LogP contribution in [0.5, 0.6) is 0 Å². The molecule has 1 aromatic carbocycles. The first kappa shape index (κ1) is 13.1. The van der Waals surface area contributed by atoms with Crippen LogP contribution in [-0.2, 0) is 0 Å². The molecule has 0 saturated heterocycles. The molecule has 0 aliphatic heterocycles. The molecule has 0 aromatic heterocycles. The van der Waals surface area contributed by atoms with Crippen molar-refractivity contribution in [2.24, 2.45) is 5.41 Å². The Balaban J connectivity index is 3.14. The van der Waals surface area contributed by atoms with Crippen molar-refractivity contribution in [2.75, 3.05) is 7.05 Å². The van der Waals surface area contributed by atoms with Gasteiger partial charge in [0.05, 0.1) is 0 Å². The SMILES string of the molecule is CCC(C)(C)C(NC)c1ccc(F)cc1F. The summed E-state index contributed by atoms with van der Waals surface area (Å²) in [5.41, 5.74) is 0.448. The van der Waals surface area contributed by atoms with E-state index in [0.717, 1.165) is 12.5 Å². The Labute approximate surface area is 95.9 Å². The molecule has 0 saturated carbocycles. The zero-order valence-electron chi connectivity index (χ0n) is 10.3. The molecule has 1 atom stereocenters. The average Bonchev–Trinajstić information content (AvgIpc) is 2.22. The van der Waals surface area contributed by atoms with E-state index in [4.69, 9.17) is 0 Å². The highest BCUT2D eigenvalue weighted by molar-refractivity contribution is 5.23. The predicted molar refractivity (Wildman–Crippen MR) is 62.2 cm³/mol. The minimum Gasteiger partial charge on any atom is -0.312 e. The second-order valence-corrected chi connectivity index (χ2v) is 4.73. The van der Waals surface area contributed by atoms with Gasteiger partial charge in [-0.3, -0.25) is 0 Å². The van der Waals surface area contributed by atoms with Gasteiger partial charge in [0.2, 0.25) is 0 Å². The molecule has 1 aromatic rings. The largest absolute Gasteiger partial charge is 0.312 e. The Hall–Kier alpha value is -0.960. The standard InChI is InChI=1S/C13H19F2N/c1-5-13(2,3)12(16-4)10-7-6-9(14)8-11(10)15/h6-8,12,16H,5H2,1-4H3. The maximum absolute atomic E-state index is 13.7. The number of rotatable bonds is 4. The van der Waals surface area contributed by atoms with Gasteiger partial charge in [0.25, 0.3) is 0 Å². The van der Waals surface area contributed by atoms with Gasteiger partial charge in [-0.1, -0.05) is 26.8 Å². The van der Waals surface area contributed by atoms with E-state index in [1.54, 1.807) is 7.05 Å². The average molecular weight is 227 g/mol. The minimum atomic E-state index is -0.537. The van der Waals surface area contributed by atoms with Crippen LogP contribution in [0.25, 0.3) is 0 Å². The molecule has 1 unspecified atom stereocenters. The van der Waals surface area contributed by atoms with E-state index < -0.39 is 11.6 Å². The van der Waals surface area contributed by atoms with Crippen molar-refractivity contribution in [1.29, 1.82) is 0 Å². The van der Waals surface area contributed by atoms with E-state index in [1.807, 2.05) is 0 Å². The third-order valence-electron chi connectivity index (χ3n) is 3.25. The van der Waals surface area contributed by atoms with Gasteiger partial charge in [0.1, 0.15) is 11.6 Å². The van der Waals surface area contributed by atoms with Crippen molar-refractivity contribution in [3.63, 3.8) is 0 Å². The molecule has 0 fully saturated rings. The minimum absolute atomic E-state index is 0.0760. The van der Waals surface area contributed by atoms with Gasteiger partial charge in [0, 0.05) is 17.7 Å². The summed E-state index contributed by atoms with van der Waals surface area (Å²) in [4.78, 5) is 0. The fourth-order valence-corrected chi connectivity index (χ4v) is 1.91. The second kappa shape index (κ2) is 4.91. The predicted octanol–water partition coefficient (Wildman–Crippen LogP) is 3.66. The number of halogens is 2. The first-order chi connectivity index (χ1) is 7.42. The van der Waals surface area contributed by atoms with Crippen LogP contribution in [0.2, 0.25) is 0 Å². The van der Waals surface area contributed by atoms with Crippen LogP contribution in [0, 0.1) is 17.0 Å². The molecule has 0 radical (unpaired) electrons. The van der Waals surface area contributed by atoms with Gasteiger partial charge in [-0.05, 0) is 24.9 Å². The van der Waals surface area contributed by atoms with Gasteiger partial charge < -0.3 is 5.32 Å². The van der Waals surface area contributed by atoms with Crippen LogP contribution in [0.1, 0.15) is 38.8 Å². The monoisotopic (exact) mass is 227 g/mol. The highest BCUT2D eigenvalue weighted by atomic mass is 19.1. The molecular weight excluding hydrogens is 208 g/mol. The number of hydrogen-bond acceptors (Lipinski definition) is 1. The molecule has 0 heterocycles. The molecule has 0 amide bonds. The van der Waals surface area contributed by atoms with E-state index in [0.29, 0.717) is 5.56 Å². The van der Waals surface area contributed by atoms with Gasteiger partial charge in [-0.25, -0.2) is 8.78 Å². The summed E-state index contributed by atoms with van der Waals surface area (Å²) in [6, 6.07) is 3.64. The van der Waals surface area contributed by atoms with Crippen molar-refractivity contribution in [3.8, 4) is 0 Å². The van der Waals surface area contributed by atoms with Gasteiger partial charge in [0.15, 0.2) is 0 Å². The van der Waals surface area contributed by atoms with Gasteiger partial charge >= 0.3 is 0 Å². The number of hydrogen-bond donors (Lipinski definition) is 1. The lowest BCUT2D eigenvalue weighted by Gasteiger charge is -2.33. The van der Waals surface area contributed by atoms with Crippen LogP contribution in [0.4, 0.5) is 8.78 Å². The number of nitrogens with one attached hydrogen (secondary N) is 1. The van der Waals surface area contributed by atoms with Crippen LogP contribution < -0.4 is 5.32 Å². The van der Waals surface area contributed by atoms with Gasteiger partial charge in [-0.2, -0.15) is 0 Å². The number of benzene rings is 1. The summed E-state index contributed by atoms with van der Waals surface area (Å²) >= 11 is 0. The molecule has 0 spiro atoms. The summed E-state index contributed by atoms with van der Waals surface area (Å²) in [6.07, 6.45) is 0.912. The topological polar surface area (TPSA) is 12.0 Å². The Bertz CT molecular complexity index is 361. The summed E-state index contributed by atoms with van der Waals surface area (Å²) in [6.45, 7) is 6.19. The quantitative estimate of drug-likeness (QED) is 0.827. The van der Waals surface area contributed by atoms with Crippen molar-refractivity contribution >= 4 is 0 Å². The first-order valence-electron chi connectivity index (χ1n) is 5.54. The molecule has 1 N–H and O–H groups in total. The van der Waals surface area contributed by atoms with Gasteiger partial charge in [-0.15, -0.1) is 0 Å². The smallest absolute Gasteiger partial charge is 0.130 e. The van der Waals surface area contributed by atoms with Crippen molar-refractivity contribution < 1.29 is 8.78 Å². The zero-order chi connectivity index (χ0) is 12.3. The van der Waals surface area contributed by atoms with Crippen molar-refractivity contribution in [1.82, 2.24) is 5.32 Å². The summed E-state index contributed by atoms with van der Waals surface area (Å²) in [7, 11) is 1.80. The Morgan fingerprint density at radius 1 is 1.31 bits per heavy atom. The van der Waals surface area contributed by atoms with Crippen LogP contribution in [-0.4, -0.2) is 7.05 Å². The maximum Gasteiger partial charge on any atom is 0.130 e. The van der Waals surface area contributed by atoms with Crippen LogP contribution in [0.3, 0.4) is 0 Å². The Morgan fingerprint density at radius 3 is 2.38 bits per heavy atom. The summed E-state index contributed by atoms with van der Waals surface area (Å²) < 4.78 is 26.5. The fraction of sp³-hybridized carbons (Fsp3) is 0.538. The van der Waals surface area contributed by atoms with E-state index in [-0.39, 0.29) is 11.5 Å². The highest BCUT2D eigenvalue weighted by Crippen LogP contribution is 2.36. The third-order valence-corrected chi connectivity index (χ3v) is 3.25. The lowest BCUT2D eigenvalue weighted by molar-refractivity contribution is 0.240. The Morgan fingerprint density at radius 2 is 1.94 bits per heavy atom. The van der Waals surface area contributed by atoms with E-state index in [2.05, 4.69) is 26.1 Å². The summed E-state index contributed by atoms with van der Waals surface area (Å²) in [5, 5.41) is 3.11. The lowest BCUT2D eigenvalue weighted by atomic mass is 9.78. The molecule has 0 bridgehead atoms. The second-order valence-electron chi connectivity index (χ2n) is 4.73. The third kappa shape index (κ3) is 2.59. The van der Waals surface area contributed by atoms with Crippen LogP contribution >= 0.6 is 0 Å². The fourth-order valence-electron chi connectivity index (χ4n) is 1.91. The van der Waals surface area contributed by atoms with E-state index in [9.17, 15) is 8.78 Å². The normalized spacial score (nSPS) is 13.9. The van der Waals surface area contributed by atoms with Crippen molar-refractivity contribution in [2.45, 2.75) is 33.2 Å². The van der Waals surface area contributed by atoms with Crippen molar-refractivity contribution in [3.05, 3.63) is 35.4 Å². The lowest BCUT2D eigenvalue weighted by Crippen LogP contribution is -2.32. The maximum atomic E-state index is 13.7. The molecule has 0 aliphatic carbocycles. The molecule has 16 heavy (non-hydrogen) atoms. The highest BCUT2D eigenvalue weighted by Gasteiger charge is 2.29. The molecule has 0 aliphatic rings. The van der Waals surface area contributed by atoms with Crippen LogP contribution in [0.15, 0.2) is 18.2 Å². The van der Waals surface area contributed by atoms with E-state index >= 15 is 0 Å². The molecule has 1 rings (SSSR count). The van der Waals surface area contributed by atoms with E-state index in [1.165, 1.54) is 12.1 Å². The molecule has 90 valence electrons. The summed E-state index contributed by atoms with van der Waals surface area (Å²) in [5.74, 6) is -1.02. The first-order valence-corrected chi connectivity index (χ1v) is 5.54.